The highest BCUT2D eigenvalue weighted by molar-refractivity contribution is 7.25. The summed E-state index contributed by atoms with van der Waals surface area (Å²) in [5.41, 5.74) is 12.1. The molecule has 0 bridgehead atoms. The van der Waals surface area contributed by atoms with Crippen molar-refractivity contribution in [3.05, 3.63) is 188 Å². The van der Waals surface area contributed by atoms with Crippen LogP contribution < -0.4 is 4.90 Å². The van der Waals surface area contributed by atoms with Crippen molar-refractivity contribution in [3.8, 4) is 33.4 Å². The molecule has 8 aromatic carbocycles. The predicted molar refractivity (Wildman–Crippen MR) is 218 cm³/mol. The van der Waals surface area contributed by atoms with Crippen LogP contribution in [0.15, 0.2) is 192 Å². The second-order valence-corrected chi connectivity index (χ2v) is 14.0. The van der Waals surface area contributed by atoms with E-state index in [4.69, 9.17) is 4.42 Å². The van der Waals surface area contributed by atoms with E-state index in [1.165, 1.54) is 31.3 Å². The molecule has 0 aliphatic heterocycles. The van der Waals surface area contributed by atoms with Gasteiger partial charge in [0, 0.05) is 53.4 Å². The first kappa shape index (κ1) is 29.5. The average Bonchev–Trinajstić information content (AvgIpc) is 3.77. The molecule has 0 saturated carbocycles. The monoisotopic (exact) mass is 669 g/mol. The Labute approximate surface area is 300 Å². The molecule has 0 fully saturated rings. The molecule has 0 radical (unpaired) electrons. The van der Waals surface area contributed by atoms with Gasteiger partial charge in [0.15, 0.2) is 0 Å². The molecule has 240 valence electrons. The highest BCUT2D eigenvalue weighted by Crippen LogP contribution is 2.44. The first-order valence-electron chi connectivity index (χ1n) is 17.3. The van der Waals surface area contributed by atoms with Crippen LogP contribution in [0.1, 0.15) is 0 Å². The number of anilines is 3. The van der Waals surface area contributed by atoms with Gasteiger partial charge in [0.1, 0.15) is 11.2 Å². The minimum atomic E-state index is 0.897. The van der Waals surface area contributed by atoms with E-state index in [0.29, 0.717) is 0 Å². The van der Waals surface area contributed by atoms with Crippen molar-refractivity contribution in [2.45, 2.75) is 0 Å². The largest absolute Gasteiger partial charge is 0.455 e. The number of thiophene rings is 1. The number of hydrogen-bond acceptors (Lipinski definition) is 3. The lowest BCUT2D eigenvalue weighted by atomic mass is 9.99. The summed E-state index contributed by atoms with van der Waals surface area (Å²) in [6, 6.07) is 67.4. The number of benzene rings is 8. The Morgan fingerprint density at radius 1 is 0.373 bits per heavy atom. The molecule has 10 aromatic rings. The maximum atomic E-state index is 6.47. The van der Waals surface area contributed by atoms with Gasteiger partial charge in [0.05, 0.1) is 5.69 Å². The lowest BCUT2D eigenvalue weighted by Crippen LogP contribution is -2.11. The minimum absolute atomic E-state index is 0.897. The zero-order valence-electron chi connectivity index (χ0n) is 27.7. The van der Waals surface area contributed by atoms with Gasteiger partial charge in [0.2, 0.25) is 0 Å². The minimum Gasteiger partial charge on any atom is -0.455 e. The third kappa shape index (κ3) is 5.10. The zero-order chi connectivity index (χ0) is 33.7. The fraction of sp³-hybridized carbons (Fsp3) is 0. The summed E-state index contributed by atoms with van der Waals surface area (Å²) in [7, 11) is 0. The molecular weight excluding hydrogens is 639 g/mol. The van der Waals surface area contributed by atoms with Crippen LogP contribution in [0.4, 0.5) is 17.1 Å². The van der Waals surface area contributed by atoms with Gasteiger partial charge >= 0.3 is 0 Å². The summed E-state index contributed by atoms with van der Waals surface area (Å²) < 4.78 is 9.06. The van der Waals surface area contributed by atoms with Crippen LogP contribution in [-0.2, 0) is 0 Å². The van der Waals surface area contributed by atoms with Crippen LogP contribution in [0.3, 0.4) is 0 Å². The highest BCUT2D eigenvalue weighted by Gasteiger charge is 2.19. The average molecular weight is 670 g/mol. The number of para-hydroxylation sites is 2. The molecule has 2 aromatic heterocycles. The summed E-state index contributed by atoms with van der Waals surface area (Å²) in [5.74, 6) is 0. The van der Waals surface area contributed by atoms with Crippen LogP contribution in [-0.4, -0.2) is 0 Å². The second kappa shape index (κ2) is 12.2. The molecule has 0 saturated heterocycles. The topological polar surface area (TPSA) is 16.4 Å². The van der Waals surface area contributed by atoms with Gasteiger partial charge in [-0.1, -0.05) is 140 Å². The van der Waals surface area contributed by atoms with E-state index in [9.17, 15) is 0 Å². The molecule has 0 N–H and O–H groups in total. The van der Waals surface area contributed by atoms with E-state index in [-0.39, 0.29) is 0 Å². The van der Waals surface area contributed by atoms with Gasteiger partial charge in [-0.05, 0) is 70.8 Å². The molecule has 51 heavy (non-hydrogen) atoms. The lowest BCUT2D eigenvalue weighted by Gasteiger charge is -2.28. The lowest BCUT2D eigenvalue weighted by molar-refractivity contribution is 0.670. The fourth-order valence-corrected chi connectivity index (χ4v) is 8.58. The van der Waals surface area contributed by atoms with Crippen molar-refractivity contribution in [1.82, 2.24) is 0 Å². The molecule has 0 spiro atoms. The molecule has 0 amide bonds. The summed E-state index contributed by atoms with van der Waals surface area (Å²) in [4.78, 5) is 2.40. The molecule has 0 atom stereocenters. The smallest absolute Gasteiger partial charge is 0.143 e. The van der Waals surface area contributed by atoms with Gasteiger partial charge in [-0.3, -0.25) is 0 Å². The van der Waals surface area contributed by atoms with E-state index in [2.05, 4.69) is 187 Å². The van der Waals surface area contributed by atoms with Crippen molar-refractivity contribution in [3.63, 3.8) is 0 Å². The van der Waals surface area contributed by atoms with Crippen molar-refractivity contribution in [2.24, 2.45) is 0 Å². The van der Waals surface area contributed by atoms with Gasteiger partial charge in [-0.25, -0.2) is 0 Å². The summed E-state index contributed by atoms with van der Waals surface area (Å²) in [5, 5.41) is 4.86. The second-order valence-electron chi connectivity index (χ2n) is 12.9. The quantitative estimate of drug-likeness (QED) is 0.175. The molecular formula is C48H31NOS. The molecule has 10 rings (SSSR count). The van der Waals surface area contributed by atoms with Crippen molar-refractivity contribution in [2.75, 3.05) is 4.90 Å². The van der Waals surface area contributed by atoms with Crippen LogP contribution in [0.25, 0.3) is 75.5 Å². The molecule has 0 unspecified atom stereocenters. The summed E-state index contributed by atoms with van der Waals surface area (Å²) >= 11 is 1.85. The van der Waals surface area contributed by atoms with Crippen molar-refractivity contribution in [1.29, 1.82) is 0 Å². The highest BCUT2D eigenvalue weighted by atomic mass is 32.1. The van der Waals surface area contributed by atoms with Gasteiger partial charge in [-0.2, -0.15) is 0 Å². The van der Waals surface area contributed by atoms with Crippen molar-refractivity contribution < 1.29 is 4.42 Å². The molecule has 2 nitrogen and oxygen atoms in total. The Balaban J connectivity index is 1.09. The van der Waals surface area contributed by atoms with E-state index < -0.39 is 0 Å². The van der Waals surface area contributed by atoms with E-state index in [1.54, 1.807) is 0 Å². The van der Waals surface area contributed by atoms with E-state index >= 15 is 0 Å². The third-order valence-electron chi connectivity index (χ3n) is 9.89. The Hall–Kier alpha value is -6.42. The Morgan fingerprint density at radius 3 is 1.82 bits per heavy atom. The van der Waals surface area contributed by atoms with Crippen LogP contribution in [0.2, 0.25) is 0 Å². The maximum Gasteiger partial charge on any atom is 0.143 e. The Kier molecular flexibility index (Phi) is 7.04. The zero-order valence-corrected chi connectivity index (χ0v) is 28.5. The first-order chi connectivity index (χ1) is 25.3. The van der Waals surface area contributed by atoms with E-state index in [1.807, 2.05) is 17.4 Å². The normalized spacial score (nSPS) is 11.5. The molecule has 2 heterocycles. The third-order valence-corrected chi connectivity index (χ3v) is 11.0. The summed E-state index contributed by atoms with van der Waals surface area (Å²) in [6.07, 6.45) is 0. The SMILES string of the molecule is c1ccc(-c2ccccc2N(c2ccc(-c3ccc4oc5c(-c6ccccc6)cccc5c4c3)cc2)c2ccc3c(c2)sc2ccccc23)cc1. The van der Waals surface area contributed by atoms with Gasteiger partial charge < -0.3 is 9.32 Å². The number of nitrogens with zero attached hydrogens (tertiary/aromatic N) is 1. The number of fused-ring (bicyclic) bond motifs is 6. The van der Waals surface area contributed by atoms with E-state index in [0.717, 1.165) is 61.3 Å². The number of rotatable bonds is 6. The van der Waals surface area contributed by atoms with Crippen LogP contribution in [0, 0.1) is 0 Å². The predicted octanol–water partition coefficient (Wildman–Crippen LogP) is 14.4. The van der Waals surface area contributed by atoms with Gasteiger partial charge in [-0.15, -0.1) is 11.3 Å². The number of hydrogen-bond donors (Lipinski definition) is 0. The Bertz CT molecular complexity index is 2850. The maximum absolute atomic E-state index is 6.47. The van der Waals surface area contributed by atoms with Crippen molar-refractivity contribution >= 4 is 70.5 Å². The molecule has 0 aliphatic rings. The molecule has 3 heteroatoms. The van der Waals surface area contributed by atoms with Crippen LogP contribution in [0.5, 0.6) is 0 Å². The summed E-state index contributed by atoms with van der Waals surface area (Å²) in [6.45, 7) is 0. The standard InChI is InChI=1S/C48H31NOS/c1-3-12-33(13-4-1)38-16-7-9-20-44(38)49(37-27-28-41-40-17-8-10-21-46(40)51-47(41)31-37)36-25-22-32(23-26-36)35-24-29-45-43(30-35)42-19-11-18-39(48(42)50-45)34-14-5-2-6-15-34/h1-31H. The Morgan fingerprint density at radius 2 is 1.00 bits per heavy atom. The number of furan rings is 1. The van der Waals surface area contributed by atoms with Gasteiger partial charge in [0.25, 0.3) is 0 Å². The molecule has 0 aliphatic carbocycles. The first-order valence-corrected chi connectivity index (χ1v) is 18.1. The van der Waals surface area contributed by atoms with Crippen LogP contribution >= 0.6 is 11.3 Å². The fourth-order valence-electron chi connectivity index (χ4n) is 7.44.